The number of benzene rings is 5. The topological polar surface area (TPSA) is 72.3 Å². The van der Waals surface area contributed by atoms with Gasteiger partial charge in [-0.25, -0.2) is 15.0 Å². The predicted octanol–water partition coefficient (Wildman–Crippen LogP) is 12.5. The number of hydrogen-bond donors (Lipinski definition) is 0. The molecule has 0 radical (unpaired) electrons. The summed E-state index contributed by atoms with van der Waals surface area (Å²) in [6.07, 6.45) is 15.6. The smallest absolute Gasteiger partial charge is 0.165 e. The van der Waals surface area contributed by atoms with Crippen LogP contribution in [0.25, 0.3) is 66.4 Å². The number of nitriles is 1. The molecule has 0 aliphatic heterocycles. The van der Waals surface area contributed by atoms with Crippen LogP contribution < -0.4 is 0 Å². The highest BCUT2D eigenvalue weighted by atomic mass is 15.1. The van der Waals surface area contributed by atoms with E-state index in [2.05, 4.69) is 118 Å². The summed E-state index contributed by atoms with van der Waals surface area (Å²) in [4.78, 5) is 17.1. The maximum Gasteiger partial charge on any atom is 0.165 e. The van der Waals surface area contributed by atoms with Crippen LogP contribution >= 0.6 is 0 Å². The lowest BCUT2D eigenvalue weighted by Gasteiger charge is -2.57. The predicted molar refractivity (Wildman–Crippen MR) is 238 cm³/mol. The minimum absolute atomic E-state index is 0.0343. The molecule has 0 atom stereocenters. The second-order valence-electron chi connectivity index (χ2n) is 20.5. The molecule has 0 N–H and O–H groups in total. The molecular formula is C54H48N6. The molecule has 0 spiro atoms. The fraction of sp³-hybridized carbons (Fsp3) is 0.370. The molecule has 0 saturated heterocycles. The molecule has 60 heavy (non-hydrogen) atoms. The van der Waals surface area contributed by atoms with Gasteiger partial charge in [-0.1, -0.05) is 54.6 Å². The van der Waals surface area contributed by atoms with Gasteiger partial charge in [0.15, 0.2) is 5.82 Å². The van der Waals surface area contributed by atoms with Crippen LogP contribution in [0.1, 0.15) is 94.3 Å². The van der Waals surface area contributed by atoms with E-state index >= 15 is 0 Å². The molecule has 6 heteroatoms. The number of nitrogens with zero attached hydrogens (tertiary/aromatic N) is 6. The van der Waals surface area contributed by atoms with Gasteiger partial charge in [0.1, 0.15) is 11.6 Å². The molecule has 3 heterocycles. The van der Waals surface area contributed by atoms with Crippen molar-refractivity contribution in [2.45, 2.75) is 87.9 Å². The normalized spacial score (nSPS) is 30.0. The second-order valence-corrected chi connectivity index (χ2v) is 20.5. The van der Waals surface area contributed by atoms with Crippen molar-refractivity contribution in [1.29, 1.82) is 5.26 Å². The van der Waals surface area contributed by atoms with Crippen LogP contribution in [0.2, 0.25) is 0 Å². The van der Waals surface area contributed by atoms with E-state index < -0.39 is 0 Å². The Morgan fingerprint density at radius 2 is 0.917 bits per heavy atom. The summed E-state index contributed by atoms with van der Waals surface area (Å²) >= 11 is 0. The van der Waals surface area contributed by atoms with Gasteiger partial charge in [0.05, 0.1) is 39.4 Å². The Morgan fingerprint density at radius 1 is 0.467 bits per heavy atom. The SMILES string of the molecule is N#Cc1ccc(-n2c3ccccc3c3cc(-n4c5ccccc5c5ccccc54)ccc32)c(-c2nc(C34CC5CC(CC(C5)C3)C4)nc(C34CC5CC(CC(C5)C3)C4)n2)c1. The van der Waals surface area contributed by atoms with Crippen molar-refractivity contribution in [3.63, 3.8) is 0 Å². The summed E-state index contributed by atoms with van der Waals surface area (Å²) in [6, 6.07) is 41.9. The van der Waals surface area contributed by atoms with Crippen LogP contribution in [0.15, 0.2) is 109 Å². The lowest BCUT2D eigenvalue weighted by atomic mass is 9.49. The van der Waals surface area contributed by atoms with Gasteiger partial charge in [0.25, 0.3) is 0 Å². The van der Waals surface area contributed by atoms with Gasteiger partial charge < -0.3 is 9.13 Å². The molecule has 8 saturated carbocycles. The summed E-state index contributed by atoms with van der Waals surface area (Å²) in [5.74, 6) is 7.67. The van der Waals surface area contributed by atoms with Gasteiger partial charge in [-0.2, -0.15) is 5.26 Å². The van der Waals surface area contributed by atoms with Crippen LogP contribution in [-0.2, 0) is 10.8 Å². The van der Waals surface area contributed by atoms with Crippen molar-refractivity contribution in [2.24, 2.45) is 35.5 Å². The molecule has 8 fully saturated rings. The van der Waals surface area contributed by atoms with Crippen molar-refractivity contribution in [1.82, 2.24) is 24.1 Å². The Hall–Kier alpha value is -5.80. The largest absolute Gasteiger partial charge is 0.309 e. The maximum atomic E-state index is 10.4. The molecule has 8 aliphatic carbocycles. The van der Waals surface area contributed by atoms with Crippen molar-refractivity contribution in [2.75, 3.05) is 0 Å². The first-order valence-electron chi connectivity index (χ1n) is 22.8. The first-order valence-corrected chi connectivity index (χ1v) is 22.8. The van der Waals surface area contributed by atoms with Crippen LogP contribution in [0.3, 0.4) is 0 Å². The maximum absolute atomic E-state index is 10.4. The molecule has 8 aromatic rings. The van der Waals surface area contributed by atoms with Crippen LogP contribution in [0, 0.1) is 46.8 Å². The third-order valence-corrected chi connectivity index (χ3v) is 16.8. The third-order valence-electron chi connectivity index (χ3n) is 16.8. The fourth-order valence-electron chi connectivity index (χ4n) is 15.3. The summed E-state index contributed by atoms with van der Waals surface area (Å²) in [6.45, 7) is 0. The number of hydrogen-bond acceptors (Lipinski definition) is 4. The van der Waals surface area contributed by atoms with Crippen LogP contribution in [-0.4, -0.2) is 24.1 Å². The Labute approximate surface area is 350 Å². The van der Waals surface area contributed by atoms with Gasteiger partial charge in [0, 0.05) is 43.6 Å². The molecule has 0 unspecified atom stereocenters. The summed E-state index contributed by atoms with van der Waals surface area (Å²) in [7, 11) is 0. The lowest BCUT2D eigenvalue weighted by molar-refractivity contribution is -0.0155. The standard InChI is InChI=1S/C54H48N6/c55-31-32-13-15-49(60-47-12-6-3-9-42(47)43-24-39(14-16-48(43)60)59-45-10-4-1-7-40(45)41-8-2-5-11-46(41)59)44(23-32)50-56-51(53-25-33-17-34(26-53)19-35(18-33)27-53)58-52(57-50)54-28-36-20-37(29-54)22-38(21-36)30-54/h1-16,23-24,33-38H,17-22,25-30H2. The van der Waals surface area contributed by atoms with Gasteiger partial charge in [-0.15, -0.1) is 0 Å². The Kier molecular flexibility index (Phi) is 6.88. The van der Waals surface area contributed by atoms with Gasteiger partial charge in [0.2, 0.25) is 0 Å². The molecule has 3 aromatic heterocycles. The highest BCUT2D eigenvalue weighted by Gasteiger charge is 2.56. The first-order chi connectivity index (χ1) is 29.5. The fourth-order valence-corrected chi connectivity index (χ4v) is 15.3. The van der Waals surface area contributed by atoms with E-state index in [1.54, 1.807) is 0 Å². The van der Waals surface area contributed by atoms with Crippen molar-refractivity contribution >= 4 is 43.6 Å². The molecule has 294 valence electrons. The quantitative estimate of drug-likeness (QED) is 0.174. The highest BCUT2D eigenvalue weighted by Crippen LogP contribution is 2.62. The van der Waals surface area contributed by atoms with Gasteiger partial charge >= 0.3 is 0 Å². The molecule has 8 bridgehead atoms. The molecule has 6 nitrogen and oxygen atoms in total. The minimum Gasteiger partial charge on any atom is -0.309 e. The van der Waals surface area contributed by atoms with E-state index in [0.717, 1.165) is 81.0 Å². The van der Waals surface area contributed by atoms with Crippen molar-refractivity contribution < 1.29 is 0 Å². The van der Waals surface area contributed by atoms with E-state index in [1.807, 2.05) is 6.07 Å². The average molecular weight is 781 g/mol. The van der Waals surface area contributed by atoms with Gasteiger partial charge in [-0.3, -0.25) is 0 Å². The molecule has 0 amide bonds. The lowest BCUT2D eigenvalue weighted by Crippen LogP contribution is -2.51. The van der Waals surface area contributed by atoms with E-state index in [0.29, 0.717) is 5.56 Å². The van der Waals surface area contributed by atoms with E-state index in [1.165, 1.54) is 110 Å². The second kappa shape index (κ2) is 12.2. The van der Waals surface area contributed by atoms with E-state index in [4.69, 9.17) is 15.0 Å². The molecule has 8 aliphatic rings. The zero-order chi connectivity index (χ0) is 39.3. The highest BCUT2D eigenvalue weighted by molar-refractivity contribution is 6.12. The number of fused-ring (bicyclic) bond motifs is 6. The molecule has 5 aromatic carbocycles. The number of rotatable bonds is 5. The number of para-hydroxylation sites is 3. The van der Waals surface area contributed by atoms with E-state index in [9.17, 15) is 5.26 Å². The number of aromatic nitrogens is 5. The minimum atomic E-state index is 0.0343. The summed E-state index contributed by atoms with van der Waals surface area (Å²) in [5.41, 5.74) is 8.46. The summed E-state index contributed by atoms with van der Waals surface area (Å²) in [5, 5.41) is 15.4. The zero-order valence-electron chi connectivity index (χ0n) is 34.0. The zero-order valence-corrected chi connectivity index (χ0v) is 34.0. The molecular weight excluding hydrogens is 733 g/mol. The van der Waals surface area contributed by atoms with Crippen molar-refractivity contribution in [3.05, 3.63) is 126 Å². The van der Waals surface area contributed by atoms with Gasteiger partial charge in [-0.05, 0) is 167 Å². The Balaban J connectivity index is 0.995. The first kappa shape index (κ1) is 34.0. The van der Waals surface area contributed by atoms with Crippen LogP contribution in [0.5, 0.6) is 0 Å². The van der Waals surface area contributed by atoms with Crippen molar-refractivity contribution in [3.8, 4) is 28.8 Å². The molecule has 16 rings (SSSR count). The Morgan fingerprint density at radius 3 is 1.42 bits per heavy atom. The van der Waals surface area contributed by atoms with E-state index in [-0.39, 0.29) is 10.8 Å². The summed E-state index contributed by atoms with van der Waals surface area (Å²) < 4.78 is 4.82. The Bertz CT molecular complexity index is 2970. The third kappa shape index (κ3) is 4.78. The average Bonchev–Trinajstić information content (AvgIpc) is 3.78. The van der Waals surface area contributed by atoms with Crippen LogP contribution in [0.4, 0.5) is 0 Å². The monoisotopic (exact) mass is 780 g/mol.